The second kappa shape index (κ2) is 6.04. The van der Waals surface area contributed by atoms with Crippen molar-refractivity contribution in [1.82, 2.24) is 15.1 Å². The largest absolute Gasteiger partial charge is 0.368 e. The molecular weight excluding hydrogens is 232 g/mol. The van der Waals surface area contributed by atoms with E-state index in [4.69, 9.17) is 5.73 Å². The molecule has 0 aromatic rings. The molecule has 1 saturated heterocycles. The quantitative estimate of drug-likeness (QED) is 0.728. The van der Waals surface area contributed by atoms with Crippen molar-refractivity contribution in [2.24, 2.45) is 5.73 Å². The number of hydrogen-bond donors (Lipinski definition) is 2. The van der Waals surface area contributed by atoms with Gasteiger partial charge in [0.15, 0.2) is 0 Å². The minimum absolute atomic E-state index is 0.0257. The SMILES string of the molecule is NC(=O)CN(C(=O)N1CCNCC1)C1CCCC1. The normalized spacial score (nSPS) is 21.0. The molecule has 0 atom stereocenters. The van der Waals surface area contributed by atoms with E-state index in [9.17, 15) is 9.59 Å². The highest BCUT2D eigenvalue weighted by Gasteiger charge is 2.31. The van der Waals surface area contributed by atoms with E-state index in [0.717, 1.165) is 38.8 Å². The number of urea groups is 1. The van der Waals surface area contributed by atoms with E-state index in [-0.39, 0.29) is 18.6 Å². The fourth-order valence-electron chi connectivity index (χ4n) is 2.77. The number of piperazine rings is 1. The number of primary amides is 1. The number of nitrogens with two attached hydrogens (primary N) is 1. The molecule has 0 bridgehead atoms. The summed E-state index contributed by atoms with van der Waals surface area (Å²) in [5.74, 6) is -0.426. The zero-order valence-electron chi connectivity index (χ0n) is 10.7. The minimum atomic E-state index is -0.426. The summed E-state index contributed by atoms with van der Waals surface area (Å²) in [6, 6.07) is 0.169. The van der Waals surface area contributed by atoms with Crippen molar-refractivity contribution < 1.29 is 9.59 Å². The molecule has 1 heterocycles. The molecule has 1 saturated carbocycles. The van der Waals surface area contributed by atoms with E-state index < -0.39 is 5.91 Å². The Labute approximate surface area is 107 Å². The number of nitrogens with one attached hydrogen (secondary N) is 1. The Morgan fingerprint density at radius 2 is 1.83 bits per heavy atom. The molecule has 2 aliphatic rings. The smallest absolute Gasteiger partial charge is 0.320 e. The standard InChI is InChI=1S/C12H22N4O2/c13-11(17)9-16(10-3-1-2-4-10)12(18)15-7-5-14-6-8-15/h10,14H,1-9H2,(H2,13,17). The third-order valence-corrected chi connectivity index (χ3v) is 3.72. The van der Waals surface area contributed by atoms with Gasteiger partial charge >= 0.3 is 6.03 Å². The van der Waals surface area contributed by atoms with Crippen molar-refractivity contribution in [2.75, 3.05) is 32.7 Å². The number of carbonyl (C=O) groups excluding carboxylic acids is 2. The van der Waals surface area contributed by atoms with Gasteiger partial charge in [-0.25, -0.2) is 4.79 Å². The summed E-state index contributed by atoms with van der Waals surface area (Å²) in [5, 5.41) is 3.21. The summed E-state index contributed by atoms with van der Waals surface area (Å²) >= 11 is 0. The first-order valence-electron chi connectivity index (χ1n) is 6.73. The molecule has 0 spiro atoms. The Morgan fingerprint density at radius 3 is 2.39 bits per heavy atom. The third-order valence-electron chi connectivity index (χ3n) is 3.72. The third kappa shape index (κ3) is 3.13. The highest BCUT2D eigenvalue weighted by atomic mass is 16.2. The molecule has 6 nitrogen and oxygen atoms in total. The van der Waals surface area contributed by atoms with E-state index in [2.05, 4.69) is 5.32 Å². The van der Waals surface area contributed by atoms with Gasteiger partial charge in [-0.05, 0) is 12.8 Å². The zero-order valence-corrected chi connectivity index (χ0v) is 10.7. The maximum absolute atomic E-state index is 12.4. The fraction of sp³-hybridized carbons (Fsp3) is 0.833. The van der Waals surface area contributed by atoms with E-state index in [1.54, 1.807) is 4.90 Å². The van der Waals surface area contributed by atoms with Crippen molar-refractivity contribution in [3.05, 3.63) is 0 Å². The molecule has 3 N–H and O–H groups in total. The molecule has 102 valence electrons. The first-order chi connectivity index (χ1) is 8.68. The van der Waals surface area contributed by atoms with Crippen LogP contribution in [0.4, 0.5) is 4.79 Å². The van der Waals surface area contributed by atoms with Crippen molar-refractivity contribution in [1.29, 1.82) is 0 Å². The predicted molar refractivity (Wildman–Crippen MR) is 68.0 cm³/mol. The molecule has 0 unspecified atom stereocenters. The highest BCUT2D eigenvalue weighted by Crippen LogP contribution is 2.24. The number of amides is 3. The van der Waals surface area contributed by atoms with Crippen molar-refractivity contribution in [2.45, 2.75) is 31.7 Å². The first kappa shape index (κ1) is 13.1. The van der Waals surface area contributed by atoms with Crippen LogP contribution in [0.1, 0.15) is 25.7 Å². The van der Waals surface area contributed by atoms with E-state index in [1.807, 2.05) is 4.90 Å². The molecule has 2 rings (SSSR count). The van der Waals surface area contributed by atoms with Gasteiger partial charge in [0.2, 0.25) is 5.91 Å². The number of nitrogens with zero attached hydrogens (tertiary/aromatic N) is 2. The van der Waals surface area contributed by atoms with Gasteiger partial charge in [-0.1, -0.05) is 12.8 Å². The van der Waals surface area contributed by atoms with Crippen LogP contribution in [0.15, 0.2) is 0 Å². The maximum atomic E-state index is 12.4. The van der Waals surface area contributed by atoms with Gasteiger partial charge in [0, 0.05) is 32.2 Å². The molecule has 3 amide bonds. The lowest BCUT2D eigenvalue weighted by Crippen LogP contribution is -2.55. The van der Waals surface area contributed by atoms with Gasteiger partial charge < -0.3 is 20.9 Å². The fourth-order valence-corrected chi connectivity index (χ4v) is 2.77. The number of rotatable bonds is 3. The number of hydrogen-bond acceptors (Lipinski definition) is 3. The summed E-state index contributed by atoms with van der Waals surface area (Å²) in [7, 11) is 0. The van der Waals surface area contributed by atoms with Crippen molar-refractivity contribution in [3.8, 4) is 0 Å². The molecule has 18 heavy (non-hydrogen) atoms. The van der Waals surface area contributed by atoms with E-state index in [1.165, 1.54) is 0 Å². The van der Waals surface area contributed by atoms with Gasteiger partial charge in [-0.15, -0.1) is 0 Å². The molecule has 6 heteroatoms. The Balaban J connectivity index is 2.01. The van der Waals surface area contributed by atoms with Crippen LogP contribution in [0.3, 0.4) is 0 Å². The summed E-state index contributed by atoms with van der Waals surface area (Å²) in [4.78, 5) is 27.1. The van der Waals surface area contributed by atoms with Crippen LogP contribution in [-0.4, -0.2) is 60.5 Å². The van der Waals surface area contributed by atoms with Crippen LogP contribution in [0.2, 0.25) is 0 Å². The first-order valence-corrected chi connectivity index (χ1v) is 6.73. The molecule has 2 fully saturated rings. The molecule has 0 aromatic heterocycles. The minimum Gasteiger partial charge on any atom is -0.368 e. The van der Waals surface area contributed by atoms with Gasteiger partial charge in [-0.3, -0.25) is 4.79 Å². The van der Waals surface area contributed by atoms with Gasteiger partial charge in [0.05, 0.1) is 0 Å². The Kier molecular flexibility index (Phi) is 4.41. The van der Waals surface area contributed by atoms with Gasteiger partial charge in [0.1, 0.15) is 6.54 Å². The average molecular weight is 254 g/mol. The summed E-state index contributed by atoms with van der Waals surface area (Å²) < 4.78 is 0. The lowest BCUT2D eigenvalue weighted by atomic mass is 10.2. The van der Waals surface area contributed by atoms with Crippen LogP contribution < -0.4 is 11.1 Å². The van der Waals surface area contributed by atoms with Crippen LogP contribution in [0.5, 0.6) is 0 Å². The molecule has 0 aromatic carbocycles. The average Bonchev–Trinajstić information content (AvgIpc) is 2.89. The molecule has 1 aliphatic heterocycles. The lowest BCUT2D eigenvalue weighted by Gasteiger charge is -2.35. The monoisotopic (exact) mass is 254 g/mol. The molecule has 0 radical (unpaired) electrons. The van der Waals surface area contributed by atoms with Crippen molar-refractivity contribution >= 4 is 11.9 Å². The number of carbonyl (C=O) groups is 2. The predicted octanol–water partition coefficient (Wildman–Crippen LogP) is -0.258. The Bertz CT molecular complexity index is 309. The van der Waals surface area contributed by atoms with E-state index in [0.29, 0.717) is 13.1 Å². The lowest BCUT2D eigenvalue weighted by molar-refractivity contribution is -0.119. The topological polar surface area (TPSA) is 78.7 Å². The Morgan fingerprint density at radius 1 is 1.22 bits per heavy atom. The molecular formula is C12H22N4O2. The van der Waals surface area contributed by atoms with Gasteiger partial charge in [-0.2, -0.15) is 0 Å². The summed E-state index contributed by atoms with van der Waals surface area (Å²) in [6.45, 7) is 3.11. The molecule has 1 aliphatic carbocycles. The van der Waals surface area contributed by atoms with Crippen LogP contribution in [0, 0.1) is 0 Å². The summed E-state index contributed by atoms with van der Waals surface area (Å²) in [5.41, 5.74) is 5.26. The van der Waals surface area contributed by atoms with Crippen molar-refractivity contribution in [3.63, 3.8) is 0 Å². The van der Waals surface area contributed by atoms with Crippen LogP contribution in [-0.2, 0) is 4.79 Å². The zero-order chi connectivity index (χ0) is 13.0. The second-order valence-electron chi connectivity index (χ2n) is 5.05. The van der Waals surface area contributed by atoms with Gasteiger partial charge in [0.25, 0.3) is 0 Å². The summed E-state index contributed by atoms with van der Waals surface area (Å²) in [6.07, 6.45) is 4.25. The Hall–Kier alpha value is -1.30. The second-order valence-corrected chi connectivity index (χ2v) is 5.05. The van der Waals surface area contributed by atoms with E-state index >= 15 is 0 Å². The highest BCUT2D eigenvalue weighted by molar-refractivity contribution is 5.83. The van der Waals surface area contributed by atoms with Crippen LogP contribution >= 0.6 is 0 Å². The van der Waals surface area contributed by atoms with Crippen LogP contribution in [0.25, 0.3) is 0 Å². The maximum Gasteiger partial charge on any atom is 0.320 e.